The summed E-state index contributed by atoms with van der Waals surface area (Å²) in [6, 6.07) is 56.6. The molecule has 3 atom stereocenters. The summed E-state index contributed by atoms with van der Waals surface area (Å²) < 4.78 is 7.32. The summed E-state index contributed by atoms with van der Waals surface area (Å²) in [7, 11) is 0. The van der Waals surface area contributed by atoms with Gasteiger partial charge in [0.25, 0.3) is 0 Å². The minimum absolute atomic E-state index is 0.0389. The van der Waals surface area contributed by atoms with Crippen LogP contribution in [-0.2, 0) is 5.54 Å². The summed E-state index contributed by atoms with van der Waals surface area (Å²) in [6.45, 7) is 5.49. The maximum atomic E-state index is 5.17. The number of fused-ring (bicyclic) bond motifs is 9. The second-order valence-electron chi connectivity index (χ2n) is 16.2. The van der Waals surface area contributed by atoms with Crippen LogP contribution in [0.4, 0.5) is 0 Å². The van der Waals surface area contributed by atoms with Crippen molar-refractivity contribution in [2.75, 3.05) is 6.54 Å². The Bertz CT molecular complexity index is 3430. The third-order valence-corrected chi connectivity index (χ3v) is 13.1. The number of hydrogen-bond acceptors (Lipinski definition) is 4. The molecule has 0 spiro atoms. The molecule has 1 aliphatic rings. The smallest absolute Gasteiger partial charge is 0.141 e. The molecule has 1 aliphatic heterocycles. The van der Waals surface area contributed by atoms with Crippen molar-refractivity contribution < 1.29 is 0 Å². The predicted octanol–water partition coefficient (Wildman–Crippen LogP) is 12.2. The molecular formula is C52H39N7. The van der Waals surface area contributed by atoms with Crippen LogP contribution in [0.3, 0.4) is 0 Å². The summed E-state index contributed by atoms with van der Waals surface area (Å²) in [5.74, 6) is 1.05. The van der Waals surface area contributed by atoms with Gasteiger partial charge in [-0.3, -0.25) is 14.5 Å². The molecule has 12 rings (SSSR count). The zero-order valence-corrected chi connectivity index (χ0v) is 32.7. The fourth-order valence-electron chi connectivity index (χ4n) is 10.0. The van der Waals surface area contributed by atoms with Crippen molar-refractivity contribution in [3.8, 4) is 28.2 Å². The lowest BCUT2D eigenvalue weighted by atomic mass is 9.79. The van der Waals surface area contributed by atoms with Gasteiger partial charge >= 0.3 is 0 Å². The summed E-state index contributed by atoms with van der Waals surface area (Å²) in [5, 5.41) is 6.05. The molecule has 0 fully saturated rings. The molecule has 0 aliphatic carbocycles. The van der Waals surface area contributed by atoms with Gasteiger partial charge in [0.05, 0.1) is 51.4 Å². The van der Waals surface area contributed by atoms with Gasteiger partial charge in [-0.1, -0.05) is 104 Å². The second-order valence-corrected chi connectivity index (χ2v) is 16.2. The van der Waals surface area contributed by atoms with Gasteiger partial charge in [0.2, 0.25) is 0 Å². The first kappa shape index (κ1) is 33.7. The third-order valence-electron chi connectivity index (χ3n) is 13.1. The van der Waals surface area contributed by atoms with E-state index in [1.165, 1.54) is 54.6 Å². The van der Waals surface area contributed by atoms with Crippen molar-refractivity contribution in [1.29, 1.82) is 0 Å². The number of aliphatic imine (C=N–C) groups is 1. The Balaban J connectivity index is 0.988. The van der Waals surface area contributed by atoms with Gasteiger partial charge in [-0.2, -0.15) is 0 Å². The lowest BCUT2D eigenvalue weighted by Gasteiger charge is -2.44. The van der Waals surface area contributed by atoms with E-state index < -0.39 is 0 Å². The van der Waals surface area contributed by atoms with Gasteiger partial charge in [0.15, 0.2) is 0 Å². The largest absolute Gasteiger partial charge is 0.332 e. The standard InChI is InChI=1S/C52H39N7/c1-33-49(57-44-19-10-8-17-39(44)51-48(57)21-12-26-54-51)30-53-31-52(33,2)59-46-20-11-7-16-38(46)41-28-36(23-25-47(41)59)35-22-24-45-40(27-35)37-15-6-9-18-43(37)58(45)50-29-42(55-32-56-50)34-13-4-3-5-14-34/h3-30,32-33,49H,31H2,1-2H3. The van der Waals surface area contributed by atoms with Gasteiger partial charge in [-0.05, 0) is 72.6 Å². The van der Waals surface area contributed by atoms with Crippen LogP contribution in [0.5, 0.6) is 0 Å². The van der Waals surface area contributed by atoms with Gasteiger partial charge < -0.3 is 9.13 Å². The lowest BCUT2D eigenvalue weighted by molar-refractivity contribution is 0.187. The molecule has 0 bridgehead atoms. The summed E-state index contributed by atoms with van der Waals surface area (Å²) in [4.78, 5) is 19.4. The molecule has 5 aromatic heterocycles. The molecule has 0 saturated heterocycles. The molecule has 7 nitrogen and oxygen atoms in total. The van der Waals surface area contributed by atoms with Crippen molar-refractivity contribution in [3.05, 3.63) is 170 Å². The molecule has 7 heteroatoms. The predicted molar refractivity (Wildman–Crippen MR) is 243 cm³/mol. The first-order chi connectivity index (χ1) is 29.1. The Morgan fingerprint density at radius 2 is 1.14 bits per heavy atom. The zero-order chi connectivity index (χ0) is 39.2. The molecule has 6 aromatic carbocycles. The lowest BCUT2D eigenvalue weighted by Crippen LogP contribution is -2.46. The average molecular weight is 762 g/mol. The topological polar surface area (TPSA) is 65.8 Å². The molecule has 0 amide bonds. The van der Waals surface area contributed by atoms with Gasteiger partial charge in [-0.25, -0.2) is 9.97 Å². The van der Waals surface area contributed by atoms with Crippen molar-refractivity contribution in [3.63, 3.8) is 0 Å². The van der Waals surface area contributed by atoms with Crippen LogP contribution in [0, 0.1) is 5.92 Å². The number of benzene rings is 6. The van der Waals surface area contributed by atoms with Crippen LogP contribution in [0.2, 0.25) is 0 Å². The van der Waals surface area contributed by atoms with E-state index in [0.29, 0.717) is 6.54 Å². The quantitative estimate of drug-likeness (QED) is 0.175. The Morgan fingerprint density at radius 3 is 1.93 bits per heavy atom. The Morgan fingerprint density at radius 1 is 0.525 bits per heavy atom. The van der Waals surface area contributed by atoms with Gasteiger partial charge in [0.1, 0.15) is 12.1 Å². The van der Waals surface area contributed by atoms with Crippen LogP contribution in [0.25, 0.3) is 93.8 Å². The fourth-order valence-corrected chi connectivity index (χ4v) is 10.0. The van der Waals surface area contributed by atoms with Gasteiger partial charge in [-0.15, -0.1) is 0 Å². The fraction of sp³-hybridized carbons (Fsp3) is 0.115. The number of aromatic nitrogens is 6. The number of nitrogens with zero attached hydrogens (tertiary/aromatic N) is 7. The summed E-state index contributed by atoms with van der Waals surface area (Å²) in [5.41, 5.74) is 12.0. The number of rotatable bonds is 5. The second kappa shape index (κ2) is 12.8. The maximum absolute atomic E-state index is 5.17. The van der Waals surface area contributed by atoms with E-state index in [-0.39, 0.29) is 17.5 Å². The first-order valence-electron chi connectivity index (χ1n) is 20.4. The highest BCUT2D eigenvalue weighted by atomic mass is 15.1. The van der Waals surface area contributed by atoms with Crippen LogP contribution in [0.15, 0.2) is 175 Å². The first-order valence-corrected chi connectivity index (χ1v) is 20.4. The molecule has 11 aromatic rings. The highest BCUT2D eigenvalue weighted by Gasteiger charge is 2.43. The minimum atomic E-state index is -0.315. The highest BCUT2D eigenvalue weighted by molar-refractivity contribution is 6.12. The Labute approximate surface area is 340 Å². The van der Waals surface area contributed by atoms with Crippen molar-refractivity contribution >= 4 is 71.8 Å². The molecule has 282 valence electrons. The van der Waals surface area contributed by atoms with E-state index in [2.05, 4.69) is 172 Å². The van der Waals surface area contributed by atoms with E-state index in [9.17, 15) is 0 Å². The van der Waals surface area contributed by atoms with Crippen LogP contribution in [-0.4, -0.2) is 41.4 Å². The molecule has 59 heavy (non-hydrogen) atoms. The highest BCUT2D eigenvalue weighted by Crippen LogP contribution is 2.46. The SMILES string of the molecule is CC1C(n2c3ccccc3c3ncccc32)C=NCC1(C)n1c2ccccc2c2cc(-c3ccc4c(c3)c3ccccc3n4-c3cc(-c4ccccc4)ncn3)ccc21. The molecule has 3 unspecified atom stereocenters. The van der Waals surface area contributed by atoms with E-state index >= 15 is 0 Å². The average Bonchev–Trinajstić information content (AvgIpc) is 3.93. The maximum Gasteiger partial charge on any atom is 0.141 e. The van der Waals surface area contributed by atoms with Crippen LogP contribution < -0.4 is 0 Å². The summed E-state index contributed by atoms with van der Waals surface area (Å²) in [6.07, 6.45) is 5.74. The van der Waals surface area contributed by atoms with Crippen molar-refractivity contribution in [2.45, 2.75) is 25.4 Å². The Kier molecular flexibility index (Phi) is 7.33. The number of para-hydroxylation sites is 3. The summed E-state index contributed by atoms with van der Waals surface area (Å²) >= 11 is 0. The van der Waals surface area contributed by atoms with E-state index in [1.807, 2.05) is 30.5 Å². The molecule has 0 N–H and O–H groups in total. The molecule has 6 heterocycles. The van der Waals surface area contributed by atoms with Crippen LogP contribution >= 0.6 is 0 Å². The Hall–Kier alpha value is -7.38. The van der Waals surface area contributed by atoms with E-state index in [0.717, 1.165) is 39.1 Å². The number of pyridine rings is 1. The zero-order valence-electron chi connectivity index (χ0n) is 32.7. The van der Waals surface area contributed by atoms with Crippen molar-refractivity contribution in [2.24, 2.45) is 10.9 Å². The normalized spacial score (nSPS) is 18.3. The van der Waals surface area contributed by atoms with Gasteiger partial charge in [0, 0.05) is 67.9 Å². The van der Waals surface area contributed by atoms with E-state index in [1.54, 1.807) is 6.33 Å². The third kappa shape index (κ3) is 4.94. The van der Waals surface area contributed by atoms with Crippen LogP contribution in [0.1, 0.15) is 19.9 Å². The number of hydrogen-bond donors (Lipinski definition) is 0. The van der Waals surface area contributed by atoms with Crippen molar-refractivity contribution in [1.82, 2.24) is 28.7 Å². The molecule has 0 radical (unpaired) electrons. The molecular weight excluding hydrogens is 723 g/mol. The monoisotopic (exact) mass is 761 g/mol. The van der Waals surface area contributed by atoms with E-state index in [4.69, 9.17) is 15.0 Å². The minimum Gasteiger partial charge on any atom is -0.332 e. The molecule has 0 saturated carbocycles.